The molecule has 0 spiro atoms. The summed E-state index contributed by atoms with van der Waals surface area (Å²) in [7, 11) is 1.74. The molecule has 0 radical (unpaired) electrons. The summed E-state index contributed by atoms with van der Waals surface area (Å²) in [5.74, 6) is -0.648. The molecule has 23 heavy (non-hydrogen) atoms. The number of aryl methyl sites for hydroxylation is 1. The predicted molar refractivity (Wildman–Crippen MR) is 85.8 cm³/mol. The lowest BCUT2D eigenvalue weighted by molar-refractivity contribution is -0.111. The van der Waals surface area contributed by atoms with Crippen LogP contribution in [0, 0.1) is 0 Å². The molecule has 1 unspecified atom stereocenters. The lowest BCUT2D eigenvalue weighted by Crippen LogP contribution is -2.32. The Bertz CT molecular complexity index is 706. The maximum Gasteiger partial charge on any atom is 0.251 e. The van der Waals surface area contributed by atoms with E-state index >= 15 is 0 Å². The fourth-order valence-electron chi connectivity index (χ4n) is 2.08. The van der Waals surface area contributed by atoms with Gasteiger partial charge in [-0.25, -0.2) is 0 Å². The number of carbonyl (C=O) groups excluding carboxylic acids is 2. The first-order valence-electron chi connectivity index (χ1n) is 6.98. The van der Waals surface area contributed by atoms with E-state index in [4.69, 9.17) is 0 Å². The van der Waals surface area contributed by atoms with Gasteiger partial charge in [0, 0.05) is 24.5 Å². The van der Waals surface area contributed by atoms with Gasteiger partial charge < -0.3 is 15.7 Å². The first kappa shape index (κ1) is 16.4. The molecule has 7 heteroatoms. The van der Waals surface area contributed by atoms with Gasteiger partial charge in [-0.3, -0.25) is 14.3 Å². The van der Waals surface area contributed by atoms with Crippen LogP contribution in [0.25, 0.3) is 0 Å². The Morgan fingerprint density at radius 1 is 1.35 bits per heavy atom. The fourth-order valence-corrected chi connectivity index (χ4v) is 2.08. The Morgan fingerprint density at radius 3 is 2.57 bits per heavy atom. The van der Waals surface area contributed by atoms with Crippen LogP contribution in [0.1, 0.15) is 22.1 Å². The highest BCUT2D eigenvalue weighted by molar-refractivity contribution is 5.99. The molecule has 7 nitrogen and oxygen atoms in total. The van der Waals surface area contributed by atoms with E-state index in [1.165, 1.54) is 6.08 Å². The summed E-state index contributed by atoms with van der Waals surface area (Å²) >= 11 is 0. The molecular weight excluding hydrogens is 296 g/mol. The highest BCUT2D eigenvalue weighted by Crippen LogP contribution is 2.14. The minimum absolute atomic E-state index is 0.237. The van der Waals surface area contributed by atoms with Gasteiger partial charge in [-0.1, -0.05) is 6.58 Å². The van der Waals surface area contributed by atoms with E-state index in [9.17, 15) is 14.7 Å². The maximum atomic E-state index is 12.3. The number of nitrogens with zero attached hydrogens (tertiary/aromatic N) is 2. The molecule has 0 aliphatic heterocycles. The first-order chi connectivity index (χ1) is 11.0. The van der Waals surface area contributed by atoms with E-state index in [-0.39, 0.29) is 18.4 Å². The summed E-state index contributed by atoms with van der Waals surface area (Å²) in [6.45, 7) is 3.13. The summed E-state index contributed by atoms with van der Waals surface area (Å²) in [5.41, 5.74) is 1.69. The minimum atomic E-state index is -0.546. The molecule has 0 saturated heterocycles. The third kappa shape index (κ3) is 4.04. The van der Waals surface area contributed by atoms with E-state index < -0.39 is 6.04 Å². The Hall–Kier alpha value is -2.93. The molecule has 0 saturated carbocycles. The van der Waals surface area contributed by atoms with Crippen molar-refractivity contribution in [1.29, 1.82) is 0 Å². The highest BCUT2D eigenvalue weighted by atomic mass is 16.3. The minimum Gasteiger partial charge on any atom is -0.394 e. The van der Waals surface area contributed by atoms with Crippen LogP contribution in [-0.2, 0) is 11.8 Å². The number of aliphatic hydroxyl groups excluding tert-OH is 1. The van der Waals surface area contributed by atoms with Crippen molar-refractivity contribution in [2.45, 2.75) is 6.04 Å². The van der Waals surface area contributed by atoms with Crippen LogP contribution in [0.3, 0.4) is 0 Å². The fraction of sp³-hybridized carbons (Fsp3) is 0.188. The van der Waals surface area contributed by atoms with Gasteiger partial charge in [-0.2, -0.15) is 5.10 Å². The lowest BCUT2D eigenvalue weighted by atomic mass is 10.1. The predicted octanol–water partition coefficient (Wildman–Crippen LogP) is 1.01. The van der Waals surface area contributed by atoms with Crippen molar-refractivity contribution >= 4 is 17.5 Å². The smallest absolute Gasteiger partial charge is 0.251 e. The highest BCUT2D eigenvalue weighted by Gasteiger charge is 2.17. The molecule has 0 aliphatic rings. The Balaban J connectivity index is 2.06. The van der Waals surface area contributed by atoms with Crippen molar-refractivity contribution in [1.82, 2.24) is 15.1 Å². The molecular formula is C16H18N4O3. The molecule has 1 aromatic carbocycles. The molecule has 2 amide bonds. The van der Waals surface area contributed by atoms with Crippen LogP contribution in [0.2, 0.25) is 0 Å². The number of hydrogen-bond donors (Lipinski definition) is 3. The second kappa shape index (κ2) is 7.37. The standard InChI is InChI=1S/C16H18N4O3/c1-3-15(22)18-12-6-4-11(5-7-12)16(23)19-13(10-21)14-8-9-17-20(14)2/h3-9,13,21H,1,10H2,2H3,(H,18,22)(H,19,23). The molecule has 0 fully saturated rings. The molecule has 1 heterocycles. The summed E-state index contributed by atoms with van der Waals surface area (Å²) < 4.78 is 1.59. The molecule has 1 aromatic heterocycles. The van der Waals surface area contributed by atoms with E-state index in [0.717, 1.165) is 0 Å². The van der Waals surface area contributed by atoms with Crippen LogP contribution in [0.4, 0.5) is 5.69 Å². The SMILES string of the molecule is C=CC(=O)Nc1ccc(C(=O)NC(CO)c2ccnn2C)cc1. The molecule has 3 N–H and O–H groups in total. The zero-order valence-electron chi connectivity index (χ0n) is 12.7. The first-order valence-corrected chi connectivity index (χ1v) is 6.98. The van der Waals surface area contributed by atoms with Crippen molar-refractivity contribution in [2.75, 3.05) is 11.9 Å². The van der Waals surface area contributed by atoms with Gasteiger partial charge in [0.1, 0.15) is 0 Å². The van der Waals surface area contributed by atoms with E-state index in [1.807, 2.05) is 0 Å². The number of anilines is 1. The normalized spacial score (nSPS) is 11.6. The van der Waals surface area contributed by atoms with Crippen molar-refractivity contribution in [2.24, 2.45) is 7.05 Å². The largest absolute Gasteiger partial charge is 0.394 e. The number of hydrogen-bond acceptors (Lipinski definition) is 4. The van der Waals surface area contributed by atoms with Crippen LogP contribution in [0.15, 0.2) is 49.2 Å². The number of nitrogens with one attached hydrogen (secondary N) is 2. The lowest BCUT2D eigenvalue weighted by Gasteiger charge is -2.16. The molecule has 0 aliphatic carbocycles. The van der Waals surface area contributed by atoms with Crippen molar-refractivity contribution in [3.05, 3.63) is 60.4 Å². The zero-order chi connectivity index (χ0) is 16.8. The summed E-state index contributed by atoms with van der Waals surface area (Å²) in [6, 6.07) is 7.60. The summed E-state index contributed by atoms with van der Waals surface area (Å²) in [4.78, 5) is 23.5. The van der Waals surface area contributed by atoms with Crippen molar-refractivity contribution in [3.8, 4) is 0 Å². The number of carbonyl (C=O) groups is 2. The van der Waals surface area contributed by atoms with Crippen molar-refractivity contribution in [3.63, 3.8) is 0 Å². The maximum absolute atomic E-state index is 12.3. The Labute approximate surface area is 133 Å². The van der Waals surface area contributed by atoms with Crippen LogP contribution in [-0.4, -0.2) is 33.3 Å². The van der Waals surface area contributed by atoms with E-state index in [0.29, 0.717) is 16.9 Å². The molecule has 2 aromatic rings. The number of aliphatic hydroxyl groups is 1. The van der Waals surface area contributed by atoms with Crippen LogP contribution < -0.4 is 10.6 Å². The number of amides is 2. The monoisotopic (exact) mass is 314 g/mol. The zero-order valence-corrected chi connectivity index (χ0v) is 12.7. The van der Waals surface area contributed by atoms with E-state index in [2.05, 4.69) is 22.3 Å². The van der Waals surface area contributed by atoms with Gasteiger partial charge in [0.2, 0.25) is 5.91 Å². The van der Waals surface area contributed by atoms with Gasteiger partial charge in [0.25, 0.3) is 5.91 Å². The molecule has 2 rings (SSSR count). The number of rotatable bonds is 6. The van der Waals surface area contributed by atoms with Gasteiger partial charge in [0.15, 0.2) is 0 Å². The molecule has 120 valence electrons. The topological polar surface area (TPSA) is 96.2 Å². The number of aromatic nitrogens is 2. The summed E-state index contributed by atoms with van der Waals surface area (Å²) in [6.07, 6.45) is 2.77. The molecule has 0 bridgehead atoms. The Kier molecular flexibility index (Phi) is 5.27. The molecule has 1 atom stereocenters. The van der Waals surface area contributed by atoms with Gasteiger partial charge in [0.05, 0.1) is 18.3 Å². The van der Waals surface area contributed by atoms with Gasteiger partial charge in [-0.15, -0.1) is 0 Å². The van der Waals surface area contributed by atoms with Gasteiger partial charge in [-0.05, 0) is 36.4 Å². The third-order valence-corrected chi connectivity index (χ3v) is 3.30. The third-order valence-electron chi connectivity index (χ3n) is 3.30. The average Bonchev–Trinajstić information content (AvgIpc) is 2.98. The summed E-state index contributed by atoms with van der Waals surface area (Å²) in [5, 5.41) is 18.8. The Morgan fingerprint density at radius 2 is 2.04 bits per heavy atom. The van der Waals surface area contributed by atoms with Gasteiger partial charge >= 0.3 is 0 Å². The second-order valence-corrected chi connectivity index (χ2v) is 4.86. The second-order valence-electron chi connectivity index (χ2n) is 4.86. The average molecular weight is 314 g/mol. The van der Waals surface area contributed by atoms with Crippen LogP contribution in [0.5, 0.6) is 0 Å². The van der Waals surface area contributed by atoms with Crippen molar-refractivity contribution < 1.29 is 14.7 Å². The number of benzene rings is 1. The van der Waals surface area contributed by atoms with Crippen LogP contribution >= 0.6 is 0 Å². The quantitative estimate of drug-likeness (QED) is 0.693. The van der Waals surface area contributed by atoms with E-state index in [1.54, 1.807) is 48.3 Å².